The van der Waals surface area contributed by atoms with Crippen molar-refractivity contribution < 1.29 is 23.4 Å². The van der Waals surface area contributed by atoms with Crippen LogP contribution in [0.5, 0.6) is 5.75 Å². The number of furan rings is 1. The summed E-state index contributed by atoms with van der Waals surface area (Å²) in [6, 6.07) is 27.0. The summed E-state index contributed by atoms with van der Waals surface area (Å²) in [5.41, 5.74) is 2.78. The number of nitro benzene ring substituents is 1. The number of carbonyl (C=O) groups is 1. The number of aromatic nitrogens is 2. The highest BCUT2D eigenvalue weighted by Crippen LogP contribution is 2.27. The zero-order chi connectivity index (χ0) is 24.2. The molecule has 2 aromatic heterocycles. The minimum atomic E-state index is -0.513. The molecule has 0 saturated heterocycles. The van der Waals surface area contributed by atoms with Crippen molar-refractivity contribution in [2.45, 2.75) is 13.2 Å². The van der Waals surface area contributed by atoms with E-state index in [1.807, 2.05) is 59.2 Å². The second-order valence-electron chi connectivity index (χ2n) is 7.80. The van der Waals surface area contributed by atoms with Crippen LogP contribution in [0, 0.1) is 10.1 Å². The van der Waals surface area contributed by atoms with Crippen LogP contribution in [0.2, 0.25) is 0 Å². The lowest BCUT2D eigenvalue weighted by molar-refractivity contribution is -0.647. The Morgan fingerprint density at radius 2 is 1.71 bits per heavy atom. The molecule has 0 aliphatic rings. The van der Waals surface area contributed by atoms with Gasteiger partial charge in [-0.3, -0.25) is 10.1 Å². The number of hydrogen-bond acceptors (Lipinski definition) is 5. The van der Waals surface area contributed by atoms with Crippen LogP contribution < -0.4 is 14.6 Å². The first-order valence-corrected chi connectivity index (χ1v) is 10.9. The molecule has 174 valence electrons. The Bertz CT molecular complexity index is 1510. The van der Waals surface area contributed by atoms with Gasteiger partial charge in [0.2, 0.25) is 5.76 Å². The zero-order valence-corrected chi connectivity index (χ0v) is 18.5. The molecular formula is C26H21N4O5+. The summed E-state index contributed by atoms with van der Waals surface area (Å²) in [6.07, 6.45) is 0. The average Bonchev–Trinajstić information content (AvgIpc) is 3.49. The van der Waals surface area contributed by atoms with Gasteiger partial charge in [0, 0.05) is 6.07 Å². The summed E-state index contributed by atoms with van der Waals surface area (Å²) in [4.78, 5) is 26.9. The van der Waals surface area contributed by atoms with Gasteiger partial charge in [-0.15, -0.1) is 0 Å². The van der Waals surface area contributed by atoms with Gasteiger partial charge in [0.25, 0.3) is 0 Å². The molecule has 0 atom stereocenters. The number of nitro groups is 1. The molecule has 0 aliphatic heterocycles. The van der Waals surface area contributed by atoms with Gasteiger partial charge in [0.05, 0.1) is 11.5 Å². The standard InChI is InChI=1S/C26H20N4O5/c31-25(24-15-14-19(35-24)17-34-23-13-7-6-12-22(23)30(32)33)28-26-27-20-10-4-5-11-21(20)29(26)16-18-8-2-1-3-9-18/h1-15H,16-17H2,(H,27,28,31)/p+1. The monoisotopic (exact) mass is 469 g/mol. The maximum atomic E-state index is 13.0. The average molecular weight is 469 g/mol. The third-order valence-electron chi connectivity index (χ3n) is 5.45. The summed E-state index contributed by atoms with van der Waals surface area (Å²) in [7, 11) is 0. The zero-order valence-electron chi connectivity index (χ0n) is 18.5. The molecule has 0 spiro atoms. The highest BCUT2D eigenvalue weighted by molar-refractivity contribution is 6.01. The number of hydrogen-bond donors (Lipinski definition) is 2. The minimum Gasteiger partial charge on any atom is -0.479 e. The second kappa shape index (κ2) is 9.52. The molecule has 0 unspecified atom stereocenters. The van der Waals surface area contributed by atoms with E-state index in [4.69, 9.17) is 9.15 Å². The molecule has 35 heavy (non-hydrogen) atoms. The molecule has 1 amide bonds. The number of carbonyl (C=O) groups excluding carboxylic acids is 1. The number of H-pyrrole nitrogens is 1. The van der Waals surface area contributed by atoms with Crippen LogP contribution in [-0.2, 0) is 13.2 Å². The molecule has 9 heteroatoms. The number of fused-ring (bicyclic) bond motifs is 1. The van der Waals surface area contributed by atoms with Crippen molar-refractivity contribution in [1.29, 1.82) is 0 Å². The Hall–Kier alpha value is -4.92. The van der Waals surface area contributed by atoms with Crippen LogP contribution in [0.4, 0.5) is 11.6 Å². The van der Waals surface area contributed by atoms with Gasteiger partial charge in [0.15, 0.2) is 5.75 Å². The number of nitrogens with zero attached hydrogens (tertiary/aromatic N) is 2. The minimum absolute atomic E-state index is 0.0570. The predicted molar refractivity (Wildman–Crippen MR) is 128 cm³/mol. The van der Waals surface area contributed by atoms with Crippen molar-refractivity contribution in [2.75, 3.05) is 5.32 Å². The lowest BCUT2D eigenvalue weighted by Crippen LogP contribution is -2.37. The van der Waals surface area contributed by atoms with Gasteiger partial charge < -0.3 is 9.15 Å². The van der Waals surface area contributed by atoms with E-state index in [1.165, 1.54) is 18.2 Å². The first-order valence-electron chi connectivity index (χ1n) is 10.9. The number of rotatable bonds is 8. The van der Waals surface area contributed by atoms with Crippen molar-refractivity contribution in [3.63, 3.8) is 0 Å². The van der Waals surface area contributed by atoms with Gasteiger partial charge in [-0.05, 0) is 35.9 Å². The Labute approximate surface area is 199 Å². The van der Waals surface area contributed by atoms with Crippen molar-refractivity contribution in [1.82, 2.24) is 4.98 Å². The van der Waals surface area contributed by atoms with Crippen LogP contribution in [0.1, 0.15) is 21.9 Å². The number of benzene rings is 3. The van der Waals surface area contributed by atoms with E-state index in [0.717, 1.165) is 16.6 Å². The van der Waals surface area contributed by atoms with E-state index >= 15 is 0 Å². The molecule has 0 radical (unpaired) electrons. The molecule has 2 heterocycles. The SMILES string of the molecule is O=C(Nc1[nH]c2ccccc2[n+]1Cc1ccccc1)c1ccc(COc2ccccc2[N+](=O)[O-])o1. The number of anilines is 1. The van der Waals surface area contributed by atoms with Crippen LogP contribution in [0.25, 0.3) is 11.0 Å². The fourth-order valence-corrected chi connectivity index (χ4v) is 3.78. The molecule has 3 aromatic carbocycles. The molecule has 0 saturated carbocycles. The predicted octanol–water partition coefficient (Wildman–Crippen LogP) is 4.84. The molecule has 9 nitrogen and oxygen atoms in total. The highest BCUT2D eigenvalue weighted by Gasteiger charge is 2.23. The Balaban J connectivity index is 1.33. The van der Waals surface area contributed by atoms with E-state index < -0.39 is 10.8 Å². The Kier molecular flexibility index (Phi) is 5.96. The first-order chi connectivity index (χ1) is 17.1. The molecule has 2 N–H and O–H groups in total. The van der Waals surface area contributed by atoms with Crippen LogP contribution in [0.3, 0.4) is 0 Å². The van der Waals surface area contributed by atoms with E-state index in [0.29, 0.717) is 18.3 Å². The maximum absolute atomic E-state index is 13.0. The molecular weight excluding hydrogens is 448 g/mol. The molecule has 5 rings (SSSR count). The Morgan fingerprint density at radius 1 is 0.971 bits per heavy atom. The smallest absolute Gasteiger partial charge is 0.363 e. The number of imidazole rings is 1. The topological polar surface area (TPSA) is 114 Å². The van der Waals surface area contributed by atoms with E-state index in [2.05, 4.69) is 10.3 Å². The number of amides is 1. The summed E-state index contributed by atoms with van der Waals surface area (Å²) < 4.78 is 13.2. The third kappa shape index (κ3) is 4.74. The van der Waals surface area contributed by atoms with Gasteiger partial charge >= 0.3 is 17.5 Å². The summed E-state index contributed by atoms with van der Waals surface area (Å²) >= 11 is 0. The largest absolute Gasteiger partial charge is 0.479 e. The lowest BCUT2D eigenvalue weighted by atomic mass is 10.2. The van der Waals surface area contributed by atoms with Crippen molar-refractivity contribution in [2.24, 2.45) is 0 Å². The number of para-hydroxylation sites is 4. The van der Waals surface area contributed by atoms with Crippen LogP contribution in [-0.4, -0.2) is 15.8 Å². The normalized spacial score (nSPS) is 10.9. The number of aromatic amines is 1. The molecule has 5 aromatic rings. The molecule has 0 bridgehead atoms. The fraction of sp³-hybridized carbons (Fsp3) is 0.0769. The van der Waals surface area contributed by atoms with E-state index in [1.54, 1.807) is 18.2 Å². The highest BCUT2D eigenvalue weighted by atomic mass is 16.6. The van der Waals surface area contributed by atoms with Crippen molar-refractivity contribution >= 4 is 28.6 Å². The van der Waals surface area contributed by atoms with Gasteiger partial charge in [-0.2, -0.15) is 0 Å². The third-order valence-corrected chi connectivity index (χ3v) is 5.45. The van der Waals surface area contributed by atoms with Crippen LogP contribution >= 0.6 is 0 Å². The molecule has 0 fully saturated rings. The van der Waals surface area contributed by atoms with E-state index in [9.17, 15) is 14.9 Å². The van der Waals surface area contributed by atoms with Gasteiger partial charge in [-0.1, -0.05) is 54.6 Å². The van der Waals surface area contributed by atoms with Crippen molar-refractivity contribution in [3.05, 3.63) is 118 Å². The van der Waals surface area contributed by atoms with Gasteiger partial charge in [-0.25, -0.2) is 19.7 Å². The second-order valence-corrected chi connectivity index (χ2v) is 7.80. The fourth-order valence-electron chi connectivity index (χ4n) is 3.78. The summed E-state index contributed by atoms with van der Waals surface area (Å²) in [5, 5.41) is 14.0. The molecule has 0 aliphatic carbocycles. The number of nitrogens with one attached hydrogen (secondary N) is 2. The number of ether oxygens (including phenoxy) is 1. The van der Waals surface area contributed by atoms with Gasteiger partial charge in [0.1, 0.15) is 23.4 Å². The first kappa shape index (κ1) is 21.9. The Morgan fingerprint density at radius 3 is 2.54 bits per heavy atom. The quantitative estimate of drug-likeness (QED) is 0.192. The van der Waals surface area contributed by atoms with Crippen molar-refractivity contribution in [3.8, 4) is 5.75 Å². The van der Waals surface area contributed by atoms with Crippen LogP contribution in [0.15, 0.2) is 95.4 Å². The summed E-state index contributed by atoms with van der Waals surface area (Å²) in [6.45, 7) is 0.506. The summed E-state index contributed by atoms with van der Waals surface area (Å²) in [5.74, 6) is 0.669. The lowest BCUT2D eigenvalue weighted by Gasteiger charge is -2.05. The maximum Gasteiger partial charge on any atom is 0.363 e. The van der Waals surface area contributed by atoms with E-state index in [-0.39, 0.29) is 23.8 Å².